The van der Waals surface area contributed by atoms with E-state index in [1.54, 1.807) is 0 Å². The topological polar surface area (TPSA) is 52.1 Å². The summed E-state index contributed by atoms with van der Waals surface area (Å²) in [5, 5.41) is 7.01. The van der Waals surface area contributed by atoms with Gasteiger partial charge in [-0.1, -0.05) is 6.92 Å². The first kappa shape index (κ1) is 21.2. The maximum absolute atomic E-state index is 5.95. The van der Waals surface area contributed by atoms with Gasteiger partial charge in [0, 0.05) is 38.8 Å². The summed E-state index contributed by atoms with van der Waals surface area (Å²) in [7, 11) is 0. The van der Waals surface area contributed by atoms with Crippen molar-refractivity contribution in [1.82, 2.24) is 20.4 Å². The molecular weight excluding hydrogens is 429 g/mol. The molecule has 6 nitrogen and oxygen atoms in total. The smallest absolute Gasteiger partial charge is 0.191 e. The SMILES string of the molecule is CCNC(=NCC(C)N1CCN(CC)CC1)NC1CC2CCC1O2.I. The van der Waals surface area contributed by atoms with Crippen LogP contribution in [-0.2, 0) is 4.74 Å². The molecule has 0 radical (unpaired) electrons. The molecule has 0 saturated carbocycles. The molecule has 3 aliphatic rings. The fraction of sp³-hybridized carbons (Fsp3) is 0.944. The van der Waals surface area contributed by atoms with Crippen molar-refractivity contribution in [3.8, 4) is 0 Å². The van der Waals surface area contributed by atoms with Crippen LogP contribution in [-0.4, -0.2) is 85.9 Å². The van der Waals surface area contributed by atoms with E-state index in [4.69, 9.17) is 9.73 Å². The van der Waals surface area contributed by atoms with Crippen LogP contribution in [0.1, 0.15) is 40.0 Å². The first-order valence-corrected chi connectivity index (χ1v) is 9.86. The summed E-state index contributed by atoms with van der Waals surface area (Å²) in [5.74, 6) is 0.956. The van der Waals surface area contributed by atoms with Crippen LogP contribution in [0.15, 0.2) is 4.99 Å². The van der Waals surface area contributed by atoms with Crippen LogP contribution in [0.3, 0.4) is 0 Å². The summed E-state index contributed by atoms with van der Waals surface area (Å²) in [4.78, 5) is 9.95. The highest BCUT2D eigenvalue weighted by Gasteiger charge is 2.41. The number of halogens is 1. The molecule has 0 amide bonds. The number of aliphatic imine (C=N–C) groups is 1. The Morgan fingerprint density at radius 2 is 1.96 bits per heavy atom. The van der Waals surface area contributed by atoms with Crippen LogP contribution in [0.5, 0.6) is 0 Å². The van der Waals surface area contributed by atoms with Crippen molar-refractivity contribution >= 4 is 29.9 Å². The highest BCUT2D eigenvalue weighted by molar-refractivity contribution is 14.0. The summed E-state index contributed by atoms with van der Waals surface area (Å²) >= 11 is 0. The number of piperazine rings is 1. The van der Waals surface area contributed by atoms with Gasteiger partial charge >= 0.3 is 0 Å². The number of hydrogen-bond donors (Lipinski definition) is 2. The minimum absolute atomic E-state index is 0. The minimum Gasteiger partial charge on any atom is -0.373 e. The van der Waals surface area contributed by atoms with Crippen LogP contribution in [0, 0.1) is 0 Å². The van der Waals surface area contributed by atoms with E-state index in [1.807, 2.05) is 0 Å². The maximum Gasteiger partial charge on any atom is 0.191 e. The number of likely N-dealkylation sites (N-methyl/N-ethyl adjacent to an activating group) is 1. The molecule has 146 valence electrons. The van der Waals surface area contributed by atoms with E-state index in [2.05, 4.69) is 41.2 Å². The van der Waals surface area contributed by atoms with Crippen molar-refractivity contribution in [3.05, 3.63) is 0 Å². The lowest BCUT2D eigenvalue weighted by Gasteiger charge is -2.37. The van der Waals surface area contributed by atoms with Crippen molar-refractivity contribution in [1.29, 1.82) is 0 Å². The number of nitrogens with one attached hydrogen (secondary N) is 2. The predicted octanol–water partition coefficient (Wildman–Crippen LogP) is 1.51. The number of hydrogen-bond acceptors (Lipinski definition) is 4. The molecular formula is C18H36IN5O. The number of fused-ring (bicyclic) bond motifs is 2. The molecule has 2 bridgehead atoms. The number of guanidine groups is 1. The zero-order valence-electron chi connectivity index (χ0n) is 16.0. The second-order valence-corrected chi connectivity index (χ2v) is 7.40. The van der Waals surface area contributed by atoms with Crippen LogP contribution >= 0.6 is 24.0 Å². The number of nitrogens with zero attached hydrogens (tertiary/aromatic N) is 3. The standard InChI is InChI=1S/C18H35N5O.HI/c1-4-19-18(21-16-12-15-6-7-17(16)24-15)20-13-14(3)23-10-8-22(5-2)9-11-23;/h14-17H,4-13H2,1-3H3,(H2,19,20,21);1H. The Hall–Kier alpha value is -0.120. The van der Waals surface area contributed by atoms with Crippen molar-refractivity contribution in [2.24, 2.45) is 4.99 Å². The molecule has 0 aliphatic carbocycles. The third-order valence-corrected chi connectivity index (χ3v) is 5.76. The molecule has 0 aromatic heterocycles. The second-order valence-electron chi connectivity index (χ2n) is 7.40. The van der Waals surface area contributed by atoms with Gasteiger partial charge in [0.1, 0.15) is 0 Å². The van der Waals surface area contributed by atoms with Gasteiger partial charge in [0.25, 0.3) is 0 Å². The number of ether oxygens (including phenoxy) is 1. The highest BCUT2D eigenvalue weighted by atomic mass is 127. The van der Waals surface area contributed by atoms with E-state index >= 15 is 0 Å². The second kappa shape index (κ2) is 10.3. The van der Waals surface area contributed by atoms with E-state index in [0.717, 1.165) is 38.6 Å². The number of rotatable bonds is 6. The van der Waals surface area contributed by atoms with Crippen LogP contribution in [0.4, 0.5) is 0 Å². The summed E-state index contributed by atoms with van der Waals surface area (Å²) < 4.78 is 5.95. The molecule has 25 heavy (non-hydrogen) atoms. The van der Waals surface area contributed by atoms with Gasteiger partial charge in [-0.3, -0.25) is 9.89 Å². The molecule has 7 heteroatoms. The van der Waals surface area contributed by atoms with Crippen molar-refractivity contribution in [2.75, 3.05) is 45.8 Å². The Kier molecular flexibility index (Phi) is 8.71. The monoisotopic (exact) mass is 465 g/mol. The van der Waals surface area contributed by atoms with Gasteiger partial charge in [0.2, 0.25) is 0 Å². The van der Waals surface area contributed by atoms with Crippen LogP contribution in [0.25, 0.3) is 0 Å². The Balaban J connectivity index is 0.00000225. The molecule has 3 rings (SSSR count). The van der Waals surface area contributed by atoms with Gasteiger partial charge in [-0.15, -0.1) is 24.0 Å². The lowest BCUT2D eigenvalue weighted by Crippen LogP contribution is -2.51. The Labute approximate surface area is 170 Å². The normalized spacial score (nSPS) is 31.6. The minimum atomic E-state index is 0. The van der Waals surface area contributed by atoms with Crippen molar-refractivity contribution in [3.63, 3.8) is 0 Å². The zero-order valence-corrected chi connectivity index (χ0v) is 18.4. The zero-order chi connectivity index (χ0) is 16.9. The average molecular weight is 465 g/mol. The van der Waals surface area contributed by atoms with E-state index in [1.165, 1.54) is 32.5 Å². The summed E-state index contributed by atoms with van der Waals surface area (Å²) in [6, 6.07) is 0.931. The molecule has 3 heterocycles. The maximum atomic E-state index is 5.95. The lowest BCUT2D eigenvalue weighted by atomic mass is 9.96. The molecule has 4 unspecified atom stereocenters. The van der Waals surface area contributed by atoms with Gasteiger partial charge in [0.15, 0.2) is 5.96 Å². The van der Waals surface area contributed by atoms with Gasteiger partial charge in [0.05, 0.1) is 24.8 Å². The summed E-state index contributed by atoms with van der Waals surface area (Å²) in [6.45, 7) is 14.3. The van der Waals surface area contributed by atoms with Crippen LogP contribution in [0.2, 0.25) is 0 Å². The Morgan fingerprint density at radius 3 is 2.52 bits per heavy atom. The van der Waals surface area contributed by atoms with Gasteiger partial charge in [-0.2, -0.15) is 0 Å². The van der Waals surface area contributed by atoms with E-state index in [9.17, 15) is 0 Å². The van der Waals surface area contributed by atoms with Gasteiger partial charge in [-0.25, -0.2) is 0 Å². The van der Waals surface area contributed by atoms with E-state index in [0.29, 0.717) is 24.3 Å². The molecule has 4 atom stereocenters. The highest BCUT2D eigenvalue weighted by Crippen LogP contribution is 2.34. The largest absolute Gasteiger partial charge is 0.373 e. The molecule has 3 fully saturated rings. The first-order chi connectivity index (χ1) is 11.7. The summed E-state index contributed by atoms with van der Waals surface area (Å²) in [6.07, 6.45) is 4.42. The fourth-order valence-electron chi connectivity index (χ4n) is 4.14. The predicted molar refractivity (Wildman–Crippen MR) is 114 cm³/mol. The van der Waals surface area contributed by atoms with Gasteiger partial charge < -0.3 is 20.3 Å². The summed E-state index contributed by atoms with van der Waals surface area (Å²) in [5.41, 5.74) is 0. The fourth-order valence-corrected chi connectivity index (χ4v) is 4.14. The van der Waals surface area contributed by atoms with Crippen LogP contribution < -0.4 is 10.6 Å². The quantitative estimate of drug-likeness (QED) is 0.354. The molecule has 3 aliphatic heterocycles. The third-order valence-electron chi connectivity index (χ3n) is 5.76. The lowest BCUT2D eigenvalue weighted by molar-refractivity contribution is 0.0991. The Bertz CT molecular complexity index is 428. The van der Waals surface area contributed by atoms with Crippen molar-refractivity contribution in [2.45, 2.75) is 64.3 Å². The van der Waals surface area contributed by atoms with Gasteiger partial charge in [-0.05, 0) is 39.7 Å². The first-order valence-electron chi connectivity index (χ1n) is 9.86. The average Bonchev–Trinajstić information content (AvgIpc) is 3.22. The Morgan fingerprint density at radius 1 is 1.20 bits per heavy atom. The molecule has 0 aromatic carbocycles. The van der Waals surface area contributed by atoms with E-state index in [-0.39, 0.29) is 24.0 Å². The third kappa shape index (κ3) is 5.68. The van der Waals surface area contributed by atoms with Crippen molar-refractivity contribution < 1.29 is 4.74 Å². The molecule has 0 aromatic rings. The molecule has 2 N–H and O–H groups in total. The molecule has 0 spiro atoms. The van der Waals surface area contributed by atoms with E-state index < -0.39 is 0 Å². The molecule has 3 saturated heterocycles.